The van der Waals surface area contributed by atoms with Crippen LogP contribution in [-0.4, -0.2) is 18.1 Å². The molecular weight excluding hydrogens is 249 g/mol. The van der Waals surface area contributed by atoms with Crippen molar-refractivity contribution < 1.29 is 9.53 Å². The van der Waals surface area contributed by atoms with Gasteiger partial charge in [-0.25, -0.2) is 9.78 Å². The van der Waals surface area contributed by atoms with Gasteiger partial charge in [0.15, 0.2) is 5.69 Å². The summed E-state index contributed by atoms with van der Waals surface area (Å²) in [5.41, 5.74) is 0.791. The van der Waals surface area contributed by atoms with Crippen molar-refractivity contribution in [2.75, 3.05) is 7.11 Å². The number of rotatable bonds is 1. The average molecular weight is 256 g/mol. The fourth-order valence-corrected chi connectivity index (χ4v) is 1.79. The van der Waals surface area contributed by atoms with Crippen LogP contribution in [0.15, 0.2) is 24.3 Å². The van der Waals surface area contributed by atoms with Crippen LogP contribution in [0, 0.1) is 0 Å². The Labute approximate surface area is 102 Å². The standard InChI is InChI=1S/C11H7Cl2NO2/c1-16-11(15)10-5-8(13)7-4-6(12)2-3-9(7)14-10/h2-5H,1H3. The number of hydrogen-bond acceptors (Lipinski definition) is 3. The van der Waals surface area contributed by atoms with E-state index in [2.05, 4.69) is 9.72 Å². The van der Waals surface area contributed by atoms with Gasteiger partial charge in [0.05, 0.1) is 17.6 Å². The van der Waals surface area contributed by atoms with Gasteiger partial charge >= 0.3 is 5.97 Å². The van der Waals surface area contributed by atoms with Crippen LogP contribution in [0.1, 0.15) is 10.5 Å². The number of hydrogen-bond donors (Lipinski definition) is 0. The van der Waals surface area contributed by atoms with Gasteiger partial charge in [-0.1, -0.05) is 23.2 Å². The van der Waals surface area contributed by atoms with E-state index < -0.39 is 5.97 Å². The molecule has 0 spiro atoms. The number of methoxy groups -OCH3 is 1. The molecule has 0 radical (unpaired) electrons. The van der Waals surface area contributed by atoms with Crippen molar-refractivity contribution in [2.45, 2.75) is 0 Å². The highest BCUT2D eigenvalue weighted by molar-refractivity contribution is 6.37. The highest BCUT2D eigenvalue weighted by Gasteiger charge is 2.11. The van der Waals surface area contributed by atoms with Crippen LogP contribution in [0.2, 0.25) is 10.0 Å². The lowest BCUT2D eigenvalue weighted by Crippen LogP contribution is -2.04. The monoisotopic (exact) mass is 255 g/mol. The summed E-state index contributed by atoms with van der Waals surface area (Å²) < 4.78 is 4.58. The van der Waals surface area contributed by atoms with E-state index in [1.165, 1.54) is 13.2 Å². The van der Waals surface area contributed by atoms with E-state index in [4.69, 9.17) is 23.2 Å². The molecular formula is C11H7Cl2NO2. The minimum absolute atomic E-state index is 0.183. The first kappa shape index (κ1) is 11.2. The highest BCUT2D eigenvalue weighted by atomic mass is 35.5. The van der Waals surface area contributed by atoms with Crippen molar-refractivity contribution in [1.29, 1.82) is 0 Å². The van der Waals surface area contributed by atoms with E-state index in [9.17, 15) is 4.79 Å². The number of esters is 1. The molecule has 0 atom stereocenters. The van der Waals surface area contributed by atoms with E-state index in [0.29, 0.717) is 20.9 Å². The summed E-state index contributed by atoms with van der Waals surface area (Å²) in [6.07, 6.45) is 0. The van der Waals surface area contributed by atoms with E-state index in [0.717, 1.165) is 0 Å². The summed E-state index contributed by atoms with van der Waals surface area (Å²) in [6.45, 7) is 0. The number of carbonyl (C=O) groups is 1. The number of pyridine rings is 1. The maximum atomic E-state index is 11.3. The lowest BCUT2D eigenvalue weighted by atomic mass is 10.2. The molecule has 1 aromatic heterocycles. The predicted octanol–water partition coefficient (Wildman–Crippen LogP) is 3.33. The molecule has 0 saturated carbocycles. The maximum Gasteiger partial charge on any atom is 0.356 e. The van der Waals surface area contributed by atoms with Gasteiger partial charge in [-0.05, 0) is 24.3 Å². The van der Waals surface area contributed by atoms with Crippen LogP contribution < -0.4 is 0 Å². The van der Waals surface area contributed by atoms with Gasteiger partial charge in [0.25, 0.3) is 0 Å². The van der Waals surface area contributed by atoms with Gasteiger partial charge in [0.1, 0.15) is 0 Å². The lowest BCUT2D eigenvalue weighted by molar-refractivity contribution is 0.0594. The predicted molar refractivity (Wildman–Crippen MR) is 63.1 cm³/mol. The summed E-state index contributed by atoms with van der Waals surface area (Å²) in [5.74, 6) is -0.515. The van der Waals surface area contributed by atoms with Crippen molar-refractivity contribution in [1.82, 2.24) is 4.98 Å². The number of carbonyl (C=O) groups excluding carboxylic acids is 1. The molecule has 2 aromatic rings. The van der Waals surface area contributed by atoms with Gasteiger partial charge in [0, 0.05) is 10.4 Å². The summed E-state index contributed by atoms with van der Waals surface area (Å²) in [6, 6.07) is 6.56. The van der Waals surface area contributed by atoms with Crippen LogP contribution in [0.4, 0.5) is 0 Å². The average Bonchev–Trinajstić information content (AvgIpc) is 2.28. The minimum Gasteiger partial charge on any atom is -0.464 e. The Bertz CT molecular complexity index is 569. The molecule has 0 saturated heterocycles. The van der Waals surface area contributed by atoms with Gasteiger partial charge < -0.3 is 4.74 Å². The maximum absolute atomic E-state index is 11.3. The Kier molecular flexibility index (Phi) is 2.99. The molecule has 5 heteroatoms. The van der Waals surface area contributed by atoms with Gasteiger partial charge in [-0.2, -0.15) is 0 Å². The number of halogens is 2. The van der Waals surface area contributed by atoms with E-state index in [-0.39, 0.29) is 5.69 Å². The minimum atomic E-state index is -0.515. The topological polar surface area (TPSA) is 39.2 Å². The zero-order valence-corrected chi connectivity index (χ0v) is 9.84. The second-order valence-electron chi connectivity index (χ2n) is 3.14. The second kappa shape index (κ2) is 4.28. The van der Waals surface area contributed by atoms with Crippen molar-refractivity contribution in [3.8, 4) is 0 Å². The third-order valence-corrected chi connectivity index (χ3v) is 2.66. The van der Waals surface area contributed by atoms with Crippen LogP contribution in [-0.2, 0) is 4.74 Å². The molecule has 0 aliphatic heterocycles. The first-order valence-electron chi connectivity index (χ1n) is 4.46. The Morgan fingerprint density at radius 2 is 2.06 bits per heavy atom. The van der Waals surface area contributed by atoms with Crippen LogP contribution in [0.25, 0.3) is 10.9 Å². The van der Waals surface area contributed by atoms with E-state index in [1.807, 2.05) is 0 Å². The zero-order chi connectivity index (χ0) is 11.7. The van der Waals surface area contributed by atoms with Gasteiger partial charge in [0.2, 0.25) is 0 Å². The number of benzene rings is 1. The van der Waals surface area contributed by atoms with Gasteiger partial charge in [-0.15, -0.1) is 0 Å². The number of ether oxygens (including phenoxy) is 1. The Balaban J connectivity index is 2.68. The fraction of sp³-hybridized carbons (Fsp3) is 0.0909. The Morgan fingerprint density at radius 1 is 1.31 bits per heavy atom. The number of fused-ring (bicyclic) bond motifs is 1. The van der Waals surface area contributed by atoms with E-state index in [1.54, 1.807) is 18.2 Å². The van der Waals surface area contributed by atoms with Crippen molar-refractivity contribution in [3.05, 3.63) is 40.0 Å². The van der Waals surface area contributed by atoms with Crippen molar-refractivity contribution in [3.63, 3.8) is 0 Å². The Hall–Kier alpha value is -1.32. The van der Waals surface area contributed by atoms with E-state index >= 15 is 0 Å². The quantitative estimate of drug-likeness (QED) is 0.734. The third-order valence-electron chi connectivity index (χ3n) is 2.11. The van der Waals surface area contributed by atoms with Gasteiger partial charge in [-0.3, -0.25) is 0 Å². The molecule has 0 bridgehead atoms. The molecule has 2 rings (SSSR count). The molecule has 3 nitrogen and oxygen atoms in total. The van der Waals surface area contributed by atoms with Crippen LogP contribution in [0.5, 0.6) is 0 Å². The molecule has 16 heavy (non-hydrogen) atoms. The number of nitrogens with zero attached hydrogens (tertiary/aromatic N) is 1. The van der Waals surface area contributed by atoms with Crippen molar-refractivity contribution >= 4 is 40.1 Å². The molecule has 0 aliphatic carbocycles. The summed E-state index contributed by atoms with van der Waals surface area (Å²) in [5, 5.41) is 1.71. The SMILES string of the molecule is COC(=O)c1cc(Cl)c2cc(Cl)ccc2n1. The molecule has 82 valence electrons. The molecule has 0 unspecified atom stereocenters. The van der Waals surface area contributed by atoms with Crippen LogP contribution >= 0.6 is 23.2 Å². The molecule has 1 aromatic carbocycles. The highest BCUT2D eigenvalue weighted by Crippen LogP contribution is 2.26. The first-order chi connectivity index (χ1) is 7.61. The third kappa shape index (κ3) is 1.96. The molecule has 0 N–H and O–H groups in total. The first-order valence-corrected chi connectivity index (χ1v) is 5.21. The Morgan fingerprint density at radius 3 is 2.75 bits per heavy atom. The van der Waals surface area contributed by atoms with Crippen LogP contribution in [0.3, 0.4) is 0 Å². The summed E-state index contributed by atoms with van der Waals surface area (Å²) in [4.78, 5) is 15.4. The fourth-order valence-electron chi connectivity index (χ4n) is 1.37. The van der Waals surface area contributed by atoms with Crippen molar-refractivity contribution in [2.24, 2.45) is 0 Å². The summed E-state index contributed by atoms with van der Waals surface area (Å²) >= 11 is 11.9. The normalized spacial score (nSPS) is 10.4. The second-order valence-corrected chi connectivity index (χ2v) is 3.99. The molecule has 0 amide bonds. The zero-order valence-electron chi connectivity index (χ0n) is 8.33. The lowest BCUT2D eigenvalue weighted by Gasteiger charge is -2.04. The number of aromatic nitrogens is 1. The smallest absolute Gasteiger partial charge is 0.356 e. The molecule has 0 fully saturated rings. The largest absolute Gasteiger partial charge is 0.464 e. The summed E-state index contributed by atoms with van der Waals surface area (Å²) in [7, 11) is 1.30. The molecule has 0 aliphatic rings. The molecule has 1 heterocycles.